The van der Waals surface area contributed by atoms with Crippen LogP contribution in [0.1, 0.15) is 32.0 Å². The van der Waals surface area contributed by atoms with Crippen LogP contribution in [0.2, 0.25) is 0 Å². The first kappa shape index (κ1) is 19.1. The van der Waals surface area contributed by atoms with Gasteiger partial charge in [0.1, 0.15) is 0 Å². The first-order valence-electron chi connectivity index (χ1n) is 9.18. The number of hydrogen-bond donors (Lipinski definition) is 2. The summed E-state index contributed by atoms with van der Waals surface area (Å²) < 4.78 is 0. The molecule has 0 fully saturated rings. The predicted octanol–water partition coefficient (Wildman–Crippen LogP) is 2.93. The van der Waals surface area contributed by atoms with E-state index in [4.69, 9.17) is 0 Å². The first-order valence-corrected chi connectivity index (χ1v) is 9.18. The van der Waals surface area contributed by atoms with Crippen LogP contribution in [0.15, 0.2) is 36.5 Å². The minimum absolute atomic E-state index is 0.0633. The van der Waals surface area contributed by atoms with Crippen molar-refractivity contribution >= 4 is 17.7 Å². The number of para-hydroxylation sites is 1. The third-order valence-electron chi connectivity index (χ3n) is 4.79. The summed E-state index contributed by atoms with van der Waals surface area (Å²) in [7, 11) is 3.99. The smallest absolute Gasteiger partial charge is 0.318 e. The third-order valence-corrected chi connectivity index (χ3v) is 4.79. The third kappa shape index (κ3) is 4.19. The second-order valence-corrected chi connectivity index (χ2v) is 7.80. The minimum Gasteiger partial charge on any atom is -0.334 e. The fourth-order valence-electron chi connectivity index (χ4n) is 3.46. The Morgan fingerprint density at radius 2 is 2.00 bits per heavy atom. The van der Waals surface area contributed by atoms with Crippen LogP contribution in [0.5, 0.6) is 0 Å². The van der Waals surface area contributed by atoms with E-state index in [1.54, 1.807) is 0 Å². The Bertz CT molecular complexity index is 805. The number of aromatic nitrogens is 2. The molecule has 27 heavy (non-hydrogen) atoms. The molecule has 0 bridgehead atoms. The predicted molar refractivity (Wildman–Crippen MR) is 107 cm³/mol. The second-order valence-electron chi connectivity index (χ2n) is 7.80. The van der Waals surface area contributed by atoms with Crippen LogP contribution < -0.4 is 10.6 Å². The van der Waals surface area contributed by atoms with E-state index in [1.165, 1.54) is 0 Å². The average molecular weight is 368 g/mol. The molecule has 2 aromatic rings. The van der Waals surface area contributed by atoms with Crippen molar-refractivity contribution in [2.45, 2.75) is 38.9 Å². The highest BCUT2D eigenvalue weighted by molar-refractivity contribution is 5.76. The number of carbonyl (C=O) groups is 1. The Morgan fingerprint density at radius 1 is 1.30 bits per heavy atom. The van der Waals surface area contributed by atoms with Gasteiger partial charge in [-0.15, -0.1) is 0 Å². The number of amides is 2. The van der Waals surface area contributed by atoms with Crippen molar-refractivity contribution in [3.05, 3.63) is 47.8 Å². The van der Waals surface area contributed by atoms with Gasteiger partial charge < -0.3 is 20.4 Å². The van der Waals surface area contributed by atoms with Crippen molar-refractivity contribution in [1.82, 2.24) is 25.1 Å². The molecule has 0 saturated carbocycles. The van der Waals surface area contributed by atoms with Crippen LogP contribution in [0.3, 0.4) is 0 Å². The van der Waals surface area contributed by atoms with Gasteiger partial charge >= 0.3 is 6.03 Å². The minimum atomic E-state index is -0.456. The van der Waals surface area contributed by atoms with Crippen molar-refractivity contribution in [3.63, 3.8) is 0 Å². The van der Waals surface area contributed by atoms with Crippen LogP contribution >= 0.6 is 0 Å². The topological polar surface area (TPSA) is 73.4 Å². The van der Waals surface area contributed by atoms with Crippen LogP contribution in [0.25, 0.3) is 0 Å². The van der Waals surface area contributed by atoms with Gasteiger partial charge in [0.15, 0.2) is 0 Å². The quantitative estimate of drug-likeness (QED) is 0.849. The van der Waals surface area contributed by atoms with Gasteiger partial charge in [-0.05, 0) is 47.0 Å². The van der Waals surface area contributed by atoms with E-state index in [-0.39, 0.29) is 12.1 Å². The summed E-state index contributed by atoms with van der Waals surface area (Å²) in [5, 5.41) is 6.29. The van der Waals surface area contributed by atoms with Gasteiger partial charge in [0.25, 0.3) is 0 Å². The number of nitrogens with zero attached hydrogens (tertiary/aromatic N) is 4. The van der Waals surface area contributed by atoms with Gasteiger partial charge in [-0.1, -0.05) is 18.2 Å². The zero-order valence-electron chi connectivity index (χ0n) is 16.7. The summed E-state index contributed by atoms with van der Waals surface area (Å²) in [6.45, 7) is 7.33. The van der Waals surface area contributed by atoms with Crippen LogP contribution in [-0.4, -0.2) is 52.5 Å². The summed E-state index contributed by atoms with van der Waals surface area (Å²) in [5.41, 5.74) is 2.34. The normalized spacial score (nSPS) is 16.1. The van der Waals surface area contributed by atoms with Gasteiger partial charge in [-0.2, -0.15) is 0 Å². The van der Waals surface area contributed by atoms with E-state index in [2.05, 4.69) is 25.5 Å². The molecule has 2 N–H and O–H groups in total. The largest absolute Gasteiger partial charge is 0.334 e. The fourth-order valence-corrected chi connectivity index (χ4v) is 3.46. The molecular formula is C20H28N6O. The molecule has 2 heterocycles. The number of rotatable bonds is 5. The van der Waals surface area contributed by atoms with Gasteiger partial charge in [0.2, 0.25) is 5.95 Å². The monoisotopic (exact) mass is 368 g/mol. The summed E-state index contributed by atoms with van der Waals surface area (Å²) in [4.78, 5) is 25.8. The summed E-state index contributed by atoms with van der Waals surface area (Å²) in [6, 6.07) is 9.79. The number of anilines is 2. The van der Waals surface area contributed by atoms with Crippen LogP contribution in [-0.2, 0) is 12.1 Å². The molecule has 0 aliphatic carbocycles. The van der Waals surface area contributed by atoms with Gasteiger partial charge in [-0.3, -0.25) is 0 Å². The van der Waals surface area contributed by atoms with Crippen molar-refractivity contribution < 1.29 is 4.79 Å². The second kappa shape index (κ2) is 7.52. The molecule has 1 aromatic carbocycles. The lowest BCUT2D eigenvalue weighted by Gasteiger charge is -2.33. The van der Waals surface area contributed by atoms with E-state index in [9.17, 15) is 4.79 Å². The van der Waals surface area contributed by atoms with E-state index >= 15 is 0 Å². The summed E-state index contributed by atoms with van der Waals surface area (Å²) in [6.07, 6.45) is 1.82. The number of carbonyl (C=O) groups excluding carboxylic acids is 1. The highest BCUT2D eigenvalue weighted by atomic mass is 16.2. The lowest BCUT2D eigenvalue weighted by atomic mass is 9.97. The maximum Gasteiger partial charge on any atom is 0.318 e. The van der Waals surface area contributed by atoms with E-state index in [0.29, 0.717) is 12.5 Å². The van der Waals surface area contributed by atoms with E-state index in [1.807, 2.05) is 76.3 Å². The molecule has 1 atom stereocenters. The van der Waals surface area contributed by atoms with E-state index in [0.717, 1.165) is 23.5 Å². The van der Waals surface area contributed by atoms with Gasteiger partial charge in [0, 0.05) is 30.0 Å². The fraction of sp³-hybridized carbons (Fsp3) is 0.450. The van der Waals surface area contributed by atoms with Crippen molar-refractivity contribution in [1.29, 1.82) is 0 Å². The van der Waals surface area contributed by atoms with Gasteiger partial charge in [0.05, 0.1) is 17.8 Å². The molecule has 0 saturated heterocycles. The van der Waals surface area contributed by atoms with Gasteiger partial charge in [-0.25, -0.2) is 14.8 Å². The number of hydrogen-bond acceptors (Lipinski definition) is 5. The van der Waals surface area contributed by atoms with Crippen LogP contribution in [0, 0.1) is 0 Å². The molecule has 7 heteroatoms. The molecule has 144 valence electrons. The standard InChI is InChI=1S/C20H28N6O/c1-14(12-25(4)5)22-19(27)26-13-17-16(20(26,2)3)11-21-18(24-17)23-15-9-7-6-8-10-15/h6-11,14H,12-13H2,1-5H3,(H,22,27)(H,21,23,24)/t14-/m0/s1. The van der Waals surface area contributed by atoms with Crippen molar-refractivity contribution in [2.24, 2.45) is 0 Å². The molecule has 3 rings (SSSR count). The Hall–Kier alpha value is -2.67. The SMILES string of the molecule is C[C@@H](CN(C)C)NC(=O)N1Cc2nc(Nc3ccccc3)ncc2C1(C)C. The summed E-state index contributed by atoms with van der Waals surface area (Å²) in [5.74, 6) is 0.541. The number of benzene rings is 1. The number of likely N-dealkylation sites (N-methyl/N-ethyl adjacent to an activating group) is 1. The molecule has 7 nitrogen and oxygen atoms in total. The highest BCUT2D eigenvalue weighted by Gasteiger charge is 2.42. The summed E-state index contributed by atoms with van der Waals surface area (Å²) >= 11 is 0. The Morgan fingerprint density at radius 3 is 2.67 bits per heavy atom. The molecule has 0 unspecified atom stereocenters. The average Bonchev–Trinajstić information content (AvgIpc) is 2.85. The van der Waals surface area contributed by atoms with Crippen LogP contribution in [0.4, 0.5) is 16.4 Å². The number of nitrogens with one attached hydrogen (secondary N) is 2. The Labute approximate surface area is 160 Å². The molecule has 2 amide bonds. The number of urea groups is 1. The number of fused-ring (bicyclic) bond motifs is 1. The Kier molecular flexibility index (Phi) is 5.32. The zero-order valence-corrected chi connectivity index (χ0v) is 16.7. The molecule has 1 aromatic heterocycles. The molecular weight excluding hydrogens is 340 g/mol. The highest BCUT2D eigenvalue weighted by Crippen LogP contribution is 2.37. The molecule has 0 radical (unpaired) electrons. The maximum atomic E-state index is 12.8. The first-order chi connectivity index (χ1) is 12.8. The molecule has 1 aliphatic heterocycles. The molecule has 0 spiro atoms. The molecule has 1 aliphatic rings. The van der Waals surface area contributed by atoms with Crippen molar-refractivity contribution in [2.75, 3.05) is 26.0 Å². The lowest BCUT2D eigenvalue weighted by molar-refractivity contribution is 0.140. The Balaban J connectivity index is 1.75. The van der Waals surface area contributed by atoms with Crippen molar-refractivity contribution in [3.8, 4) is 0 Å². The zero-order chi connectivity index (χ0) is 19.6. The lowest BCUT2D eigenvalue weighted by Crippen LogP contribution is -2.50. The maximum absolute atomic E-state index is 12.8. The van der Waals surface area contributed by atoms with E-state index < -0.39 is 5.54 Å².